The van der Waals surface area contributed by atoms with Gasteiger partial charge in [-0.1, -0.05) is 23.2 Å². The van der Waals surface area contributed by atoms with Gasteiger partial charge >= 0.3 is 0 Å². The number of halogens is 2. The van der Waals surface area contributed by atoms with E-state index < -0.39 is 4.92 Å². The molecule has 0 unspecified atom stereocenters. The van der Waals surface area contributed by atoms with E-state index in [1.165, 1.54) is 24.3 Å². The molecule has 0 amide bonds. The lowest BCUT2D eigenvalue weighted by Crippen LogP contribution is -2.12. The zero-order valence-corrected chi connectivity index (χ0v) is 13.8. The standard InChI is InChI=1S/C15H12Cl2N2O4/c1-8-13(16)15(14(17)9(2)18-8)23-7-12(20)10-3-5-11(6-4-10)19(21)22/h3-6H,7H2,1-2H3. The van der Waals surface area contributed by atoms with Crippen molar-refractivity contribution in [3.8, 4) is 5.75 Å². The van der Waals surface area contributed by atoms with Gasteiger partial charge in [0.1, 0.15) is 10.0 Å². The molecule has 0 fully saturated rings. The minimum Gasteiger partial charge on any atom is -0.482 e. The fourth-order valence-corrected chi connectivity index (χ4v) is 2.32. The van der Waals surface area contributed by atoms with Crippen molar-refractivity contribution in [3.05, 3.63) is 61.4 Å². The van der Waals surface area contributed by atoms with Crippen LogP contribution in [0.4, 0.5) is 5.69 Å². The molecule has 0 saturated carbocycles. The lowest BCUT2D eigenvalue weighted by molar-refractivity contribution is -0.384. The van der Waals surface area contributed by atoms with Crippen LogP contribution in [0.3, 0.4) is 0 Å². The molecule has 6 nitrogen and oxygen atoms in total. The van der Waals surface area contributed by atoms with E-state index in [0.717, 1.165) is 0 Å². The van der Waals surface area contributed by atoms with Gasteiger partial charge in [0.15, 0.2) is 18.1 Å². The van der Waals surface area contributed by atoms with Crippen molar-refractivity contribution < 1.29 is 14.5 Å². The smallest absolute Gasteiger partial charge is 0.269 e. The van der Waals surface area contributed by atoms with E-state index in [1.54, 1.807) is 13.8 Å². The molecule has 1 heterocycles. The molecular weight excluding hydrogens is 343 g/mol. The van der Waals surface area contributed by atoms with Crippen molar-refractivity contribution >= 4 is 34.7 Å². The quantitative estimate of drug-likeness (QED) is 0.457. The highest BCUT2D eigenvalue weighted by molar-refractivity contribution is 6.37. The van der Waals surface area contributed by atoms with E-state index >= 15 is 0 Å². The number of nitro benzene ring substituents is 1. The van der Waals surface area contributed by atoms with E-state index in [-0.39, 0.29) is 33.9 Å². The third kappa shape index (κ3) is 3.78. The van der Waals surface area contributed by atoms with E-state index in [9.17, 15) is 14.9 Å². The lowest BCUT2D eigenvalue weighted by atomic mass is 10.1. The highest BCUT2D eigenvalue weighted by Gasteiger charge is 2.17. The maximum Gasteiger partial charge on any atom is 0.269 e. The highest BCUT2D eigenvalue weighted by atomic mass is 35.5. The molecule has 0 bridgehead atoms. The van der Waals surface area contributed by atoms with E-state index in [0.29, 0.717) is 17.0 Å². The van der Waals surface area contributed by atoms with Gasteiger partial charge in [-0.05, 0) is 26.0 Å². The molecule has 0 aliphatic carbocycles. The molecule has 2 aromatic rings. The van der Waals surface area contributed by atoms with Gasteiger partial charge in [0.2, 0.25) is 0 Å². The van der Waals surface area contributed by atoms with Crippen LogP contribution in [0.2, 0.25) is 10.0 Å². The number of pyridine rings is 1. The molecule has 0 N–H and O–H groups in total. The van der Waals surface area contributed by atoms with Crippen molar-refractivity contribution in [2.24, 2.45) is 0 Å². The number of aromatic nitrogens is 1. The first kappa shape index (κ1) is 17.2. The molecule has 8 heteroatoms. The predicted octanol–water partition coefficient (Wildman–Crippen LogP) is 4.18. The van der Waals surface area contributed by atoms with Gasteiger partial charge in [-0.2, -0.15) is 0 Å². The molecule has 1 aromatic heterocycles. The number of nitro groups is 1. The Bertz CT molecular complexity index is 750. The number of Topliss-reactive ketones (excluding diaryl/α,β-unsaturated/α-hetero) is 1. The van der Waals surface area contributed by atoms with Crippen LogP contribution in [-0.2, 0) is 0 Å². The minimum absolute atomic E-state index is 0.0889. The molecule has 2 rings (SSSR count). The molecule has 0 aliphatic heterocycles. The Morgan fingerprint density at radius 1 is 1.17 bits per heavy atom. The van der Waals surface area contributed by atoms with Crippen LogP contribution in [0.1, 0.15) is 21.7 Å². The zero-order chi connectivity index (χ0) is 17.1. The van der Waals surface area contributed by atoms with Crippen LogP contribution >= 0.6 is 23.2 Å². The summed E-state index contributed by atoms with van der Waals surface area (Å²) in [7, 11) is 0. The summed E-state index contributed by atoms with van der Waals surface area (Å²) >= 11 is 12.2. The average molecular weight is 355 g/mol. The van der Waals surface area contributed by atoms with Crippen LogP contribution in [0, 0.1) is 24.0 Å². The predicted molar refractivity (Wildman–Crippen MR) is 86.7 cm³/mol. The maximum atomic E-state index is 12.1. The molecule has 23 heavy (non-hydrogen) atoms. The number of non-ortho nitro benzene ring substituents is 1. The van der Waals surface area contributed by atoms with Crippen LogP contribution < -0.4 is 4.74 Å². The Morgan fingerprint density at radius 2 is 1.70 bits per heavy atom. The maximum absolute atomic E-state index is 12.1. The van der Waals surface area contributed by atoms with Crippen molar-refractivity contribution in [2.75, 3.05) is 6.61 Å². The third-order valence-electron chi connectivity index (χ3n) is 3.12. The largest absolute Gasteiger partial charge is 0.482 e. The number of hydrogen-bond donors (Lipinski definition) is 0. The first-order valence-corrected chi connectivity index (χ1v) is 7.29. The SMILES string of the molecule is Cc1nc(C)c(Cl)c(OCC(=O)c2ccc([N+](=O)[O-])cc2)c1Cl. The third-order valence-corrected chi connectivity index (χ3v) is 4.01. The Morgan fingerprint density at radius 3 is 2.17 bits per heavy atom. The first-order valence-electron chi connectivity index (χ1n) is 6.54. The Kier molecular flexibility index (Phi) is 5.18. The monoisotopic (exact) mass is 354 g/mol. The summed E-state index contributed by atoms with van der Waals surface area (Å²) in [5.74, 6) is -0.146. The van der Waals surface area contributed by atoms with Crippen LogP contribution in [0.5, 0.6) is 5.75 Å². The molecule has 0 atom stereocenters. The van der Waals surface area contributed by atoms with Crippen molar-refractivity contribution in [3.63, 3.8) is 0 Å². The Balaban J connectivity index is 2.15. The summed E-state index contributed by atoms with van der Waals surface area (Å²) in [6.45, 7) is 3.12. The minimum atomic E-state index is -0.535. The average Bonchev–Trinajstić information content (AvgIpc) is 2.53. The number of ether oxygens (including phenoxy) is 1. The molecule has 0 spiro atoms. The lowest BCUT2D eigenvalue weighted by Gasteiger charge is -2.12. The summed E-state index contributed by atoms with van der Waals surface area (Å²) in [4.78, 5) is 26.3. The highest BCUT2D eigenvalue weighted by Crippen LogP contribution is 2.36. The number of nitrogens with zero attached hydrogens (tertiary/aromatic N) is 2. The summed E-state index contributed by atoms with van der Waals surface area (Å²) in [5, 5.41) is 11.1. The zero-order valence-electron chi connectivity index (χ0n) is 12.3. The Hall–Kier alpha value is -2.18. The molecule has 0 radical (unpaired) electrons. The number of benzene rings is 1. The number of rotatable bonds is 5. The van der Waals surface area contributed by atoms with Crippen LogP contribution in [0.25, 0.3) is 0 Å². The molecule has 120 valence electrons. The van der Waals surface area contributed by atoms with Gasteiger partial charge in [-0.15, -0.1) is 0 Å². The summed E-state index contributed by atoms with van der Waals surface area (Å²) in [6.07, 6.45) is 0. The molecule has 1 aromatic carbocycles. The summed E-state index contributed by atoms with van der Waals surface area (Å²) < 4.78 is 5.44. The number of ketones is 1. The van der Waals surface area contributed by atoms with E-state index in [1.807, 2.05) is 0 Å². The fraction of sp³-hybridized carbons (Fsp3) is 0.200. The molecular formula is C15H12Cl2N2O4. The first-order chi connectivity index (χ1) is 10.8. The van der Waals surface area contributed by atoms with Crippen LogP contribution in [0.15, 0.2) is 24.3 Å². The summed E-state index contributed by atoms with van der Waals surface area (Å²) in [5.41, 5.74) is 1.30. The number of hydrogen-bond acceptors (Lipinski definition) is 5. The Labute approximate surface area is 142 Å². The van der Waals surface area contributed by atoms with Gasteiger partial charge in [0.25, 0.3) is 5.69 Å². The van der Waals surface area contributed by atoms with E-state index in [2.05, 4.69) is 4.98 Å². The second-order valence-electron chi connectivity index (χ2n) is 4.76. The van der Waals surface area contributed by atoms with Gasteiger partial charge in [0.05, 0.1) is 16.3 Å². The summed E-state index contributed by atoms with van der Waals surface area (Å²) in [6, 6.07) is 5.26. The number of carbonyl (C=O) groups excluding carboxylic acids is 1. The number of aryl methyl sites for hydroxylation is 2. The topological polar surface area (TPSA) is 82.3 Å². The van der Waals surface area contributed by atoms with Crippen LogP contribution in [-0.4, -0.2) is 22.3 Å². The normalized spacial score (nSPS) is 10.4. The van der Waals surface area contributed by atoms with Gasteiger partial charge in [-0.3, -0.25) is 19.9 Å². The molecule has 0 aliphatic rings. The van der Waals surface area contributed by atoms with Crippen molar-refractivity contribution in [2.45, 2.75) is 13.8 Å². The molecule has 0 saturated heterocycles. The second-order valence-corrected chi connectivity index (χ2v) is 5.51. The second kappa shape index (κ2) is 6.93. The van der Waals surface area contributed by atoms with Gasteiger partial charge < -0.3 is 4.74 Å². The van der Waals surface area contributed by atoms with Gasteiger partial charge in [-0.25, -0.2) is 0 Å². The van der Waals surface area contributed by atoms with Crippen molar-refractivity contribution in [1.82, 2.24) is 4.98 Å². The fourth-order valence-electron chi connectivity index (χ4n) is 1.89. The number of carbonyl (C=O) groups is 1. The van der Waals surface area contributed by atoms with Crippen molar-refractivity contribution in [1.29, 1.82) is 0 Å². The van der Waals surface area contributed by atoms with E-state index in [4.69, 9.17) is 27.9 Å². The van der Waals surface area contributed by atoms with Gasteiger partial charge in [0, 0.05) is 17.7 Å².